The van der Waals surface area contributed by atoms with Gasteiger partial charge in [0.1, 0.15) is 0 Å². The number of imide groups is 1. The zero-order valence-corrected chi connectivity index (χ0v) is 26.1. The van der Waals surface area contributed by atoms with E-state index < -0.39 is 36.2 Å². The zero-order chi connectivity index (χ0) is 27.0. The van der Waals surface area contributed by atoms with Gasteiger partial charge in [-0.05, 0) is 19.3 Å². The van der Waals surface area contributed by atoms with Crippen molar-refractivity contribution < 1.29 is 58.9 Å². The monoisotopic (exact) mass is 533 g/mol. The molecule has 0 aromatic rings. The summed E-state index contributed by atoms with van der Waals surface area (Å²) in [5.41, 5.74) is 0. The summed E-state index contributed by atoms with van der Waals surface area (Å²) in [6.07, 6.45) is 18.8. The number of carbonyl (C=O) groups excluding carboxylic acids is 3. The molecular weight excluding hydrogens is 481 g/mol. The first kappa shape index (κ1) is 38.2. The minimum Gasteiger partial charge on any atom is -0.548 e. The first-order chi connectivity index (χ1) is 17.3. The molecule has 0 heterocycles. The van der Waals surface area contributed by atoms with Crippen molar-refractivity contribution in [2.24, 2.45) is 0 Å². The van der Waals surface area contributed by atoms with Gasteiger partial charge in [0.15, 0.2) is 0 Å². The smallest absolute Gasteiger partial charge is 0.548 e. The number of carbonyl (C=O) groups is 4. The number of nitrogens with zero attached hydrogens (tertiary/aromatic N) is 1. The number of aliphatic carboxylic acids is 2. The summed E-state index contributed by atoms with van der Waals surface area (Å²) in [7, 11) is 0. The van der Waals surface area contributed by atoms with Crippen LogP contribution < -0.4 is 34.7 Å². The molecule has 1 atom stereocenters. The number of hydrogen-bond acceptors (Lipinski definition) is 5. The Labute approximate surface area is 247 Å². The van der Waals surface area contributed by atoms with Crippen LogP contribution in [-0.2, 0) is 19.2 Å². The molecular formula is C29H52NNaO6. The van der Waals surface area contributed by atoms with E-state index in [1.807, 2.05) is 0 Å². The minimum atomic E-state index is -1.57. The maximum absolute atomic E-state index is 12.9. The van der Waals surface area contributed by atoms with E-state index in [9.17, 15) is 24.3 Å². The van der Waals surface area contributed by atoms with Crippen LogP contribution in [0.25, 0.3) is 0 Å². The Hall–Kier alpha value is -0.920. The molecule has 0 aliphatic carbocycles. The Bertz CT molecular complexity index is 579. The third kappa shape index (κ3) is 21.7. The molecule has 0 rings (SSSR count). The number of amides is 2. The molecule has 210 valence electrons. The van der Waals surface area contributed by atoms with Crippen LogP contribution >= 0.6 is 0 Å². The predicted octanol–water partition coefficient (Wildman–Crippen LogP) is 3.17. The van der Waals surface area contributed by atoms with E-state index in [-0.39, 0.29) is 48.8 Å². The van der Waals surface area contributed by atoms with E-state index in [1.165, 1.54) is 64.2 Å². The van der Waals surface area contributed by atoms with Crippen molar-refractivity contribution in [3.05, 3.63) is 0 Å². The molecule has 7 nitrogen and oxygen atoms in total. The zero-order valence-electron chi connectivity index (χ0n) is 24.1. The standard InChI is InChI=1S/C29H53NO6.Na/c1-3-5-7-9-11-13-15-17-19-21-26(31)30(25(29(35)36)23-24-28(33)34)27(32)22-20-18-16-14-12-10-8-6-4-2;/h25H,3-24H2,1-2H3,(H,33,34)(H,35,36);/q;+1/p-1/t25-;/m0./s1. The number of hydrogen-bond donors (Lipinski definition) is 1. The molecule has 0 aliphatic heterocycles. The van der Waals surface area contributed by atoms with Gasteiger partial charge in [0, 0.05) is 19.3 Å². The van der Waals surface area contributed by atoms with Crippen LogP contribution in [0.5, 0.6) is 0 Å². The summed E-state index contributed by atoms with van der Waals surface area (Å²) in [6, 6.07) is -1.53. The van der Waals surface area contributed by atoms with Gasteiger partial charge in [-0.1, -0.05) is 117 Å². The van der Waals surface area contributed by atoms with Crippen LogP contribution in [0.4, 0.5) is 0 Å². The first-order valence-electron chi connectivity index (χ1n) is 14.6. The fourth-order valence-corrected chi connectivity index (χ4v) is 4.51. The summed E-state index contributed by atoms with van der Waals surface area (Å²) in [5, 5.41) is 20.7. The Kier molecular flexibility index (Phi) is 27.6. The van der Waals surface area contributed by atoms with E-state index in [1.54, 1.807) is 0 Å². The molecule has 0 aliphatic rings. The van der Waals surface area contributed by atoms with Gasteiger partial charge in [0.2, 0.25) is 11.8 Å². The second-order valence-corrected chi connectivity index (χ2v) is 10.1. The van der Waals surface area contributed by atoms with Crippen molar-refractivity contribution >= 4 is 23.8 Å². The summed E-state index contributed by atoms with van der Waals surface area (Å²) in [5.74, 6) is -3.80. The second-order valence-electron chi connectivity index (χ2n) is 10.1. The van der Waals surface area contributed by atoms with Crippen LogP contribution in [0.2, 0.25) is 0 Å². The Morgan fingerprint density at radius 3 is 1.22 bits per heavy atom. The minimum absolute atomic E-state index is 0. The average Bonchev–Trinajstić information content (AvgIpc) is 2.83. The molecule has 0 aromatic carbocycles. The predicted molar refractivity (Wildman–Crippen MR) is 141 cm³/mol. The van der Waals surface area contributed by atoms with Gasteiger partial charge < -0.3 is 15.0 Å². The van der Waals surface area contributed by atoms with E-state index in [0.29, 0.717) is 12.8 Å². The summed E-state index contributed by atoms with van der Waals surface area (Å²) >= 11 is 0. The maximum atomic E-state index is 12.9. The third-order valence-electron chi connectivity index (χ3n) is 6.74. The topological polar surface area (TPSA) is 115 Å². The molecule has 37 heavy (non-hydrogen) atoms. The van der Waals surface area contributed by atoms with Crippen molar-refractivity contribution in [2.45, 2.75) is 161 Å². The van der Waals surface area contributed by atoms with Crippen LogP contribution in [0.1, 0.15) is 155 Å². The van der Waals surface area contributed by atoms with Gasteiger partial charge in [0.05, 0.1) is 12.0 Å². The molecule has 8 heteroatoms. The molecule has 0 saturated carbocycles. The van der Waals surface area contributed by atoms with Gasteiger partial charge in [-0.2, -0.15) is 0 Å². The fraction of sp³-hybridized carbons (Fsp3) is 0.862. The van der Waals surface area contributed by atoms with Crippen molar-refractivity contribution in [3.8, 4) is 0 Å². The molecule has 0 aromatic heterocycles. The molecule has 0 unspecified atom stereocenters. The fourth-order valence-electron chi connectivity index (χ4n) is 4.51. The maximum Gasteiger partial charge on any atom is 1.00 e. The van der Waals surface area contributed by atoms with Gasteiger partial charge in [-0.25, -0.2) is 0 Å². The summed E-state index contributed by atoms with van der Waals surface area (Å²) in [4.78, 5) is 49.4. The molecule has 0 spiro atoms. The largest absolute Gasteiger partial charge is 1.00 e. The number of unbranched alkanes of at least 4 members (excludes halogenated alkanes) is 16. The van der Waals surface area contributed by atoms with Crippen LogP contribution in [0.15, 0.2) is 0 Å². The molecule has 0 bridgehead atoms. The Morgan fingerprint density at radius 2 is 0.919 bits per heavy atom. The molecule has 0 fully saturated rings. The van der Waals surface area contributed by atoms with Crippen molar-refractivity contribution in [1.29, 1.82) is 0 Å². The normalized spacial score (nSPS) is 11.5. The van der Waals surface area contributed by atoms with E-state index in [4.69, 9.17) is 5.11 Å². The second kappa shape index (κ2) is 26.7. The van der Waals surface area contributed by atoms with E-state index in [0.717, 1.165) is 43.4 Å². The summed E-state index contributed by atoms with van der Waals surface area (Å²) < 4.78 is 0. The Balaban J connectivity index is 0. The number of carboxylic acids is 2. The summed E-state index contributed by atoms with van der Waals surface area (Å²) in [6.45, 7) is 4.38. The third-order valence-corrected chi connectivity index (χ3v) is 6.74. The van der Waals surface area contributed by atoms with Crippen LogP contribution in [-0.4, -0.2) is 39.8 Å². The SMILES string of the molecule is CCCCCCCCCCCC(=O)N(C(=O)CCCCCCCCCCC)[C@@H](CCC(=O)O)C(=O)[O-].[Na+]. The van der Waals surface area contributed by atoms with Crippen molar-refractivity contribution in [1.82, 2.24) is 4.90 Å². The van der Waals surface area contributed by atoms with E-state index >= 15 is 0 Å². The Morgan fingerprint density at radius 1 is 0.595 bits per heavy atom. The van der Waals surface area contributed by atoms with Gasteiger partial charge in [0.25, 0.3) is 0 Å². The average molecular weight is 534 g/mol. The molecule has 0 radical (unpaired) electrons. The quantitative estimate of drug-likeness (QED) is 0.142. The molecule has 2 amide bonds. The number of carboxylic acid groups (broad SMARTS) is 2. The van der Waals surface area contributed by atoms with Gasteiger partial charge in [-0.15, -0.1) is 0 Å². The van der Waals surface area contributed by atoms with Crippen molar-refractivity contribution in [2.75, 3.05) is 0 Å². The van der Waals surface area contributed by atoms with Crippen molar-refractivity contribution in [3.63, 3.8) is 0 Å². The van der Waals surface area contributed by atoms with Crippen LogP contribution in [0.3, 0.4) is 0 Å². The number of rotatable bonds is 25. The van der Waals surface area contributed by atoms with E-state index in [2.05, 4.69) is 13.8 Å². The first-order valence-corrected chi connectivity index (χ1v) is 14.6. The molecule has 1 N–H and O–H groups in total. The van der Waals surface area contributed by atoms with Gasteiger partial charge in [-0.3, -0.25) is 19.3 Å². The molecule has 0 saturated heterocycles. The van der Waals surface area contributed by atoms with Gasteiger partial charge >= 0.3 is 35.5 Å². The van der Waals surface area contributed by atoms with Crippen LogP contribution in [0, 0.1) is 0 Å².